The highest BCUT2D eigenvalue weighted by molar-refractivity contribution is 7.15. The highest BCUT2D eigenvalue weighted by Gasteiger charge is 2.18. The molecule has 0 aliphatic carbocycles. The van der Waals surface area contributed by atoms with Gasteiger partial charge in [-0.05, 0) is 29.8 Å². The first-order valence-electron chi connectivity index (χ1n) is 11.4. The second-order valence-corrected chi connectivity index (χ2v) is 9.50. The van der Waals surface area contributed by atoms with Gasteiger partial charge in [-0.25, -0.2) is 9.97 Å². The molecule has 0 atom stereocenters. The molecule has 0 fully saturated rings. The average Bonchev–Trinajstić information content (AvgIpc) is 3.51. The van der Waals surface area contributed by atoms with E-state index in [9.17, 15) is 5.11 Å². The van der Waals surface area contributed by atoms with E-state index in [2.05, 4.69) is 29.2 Å². The van der Waals surface area contributed by atoms with E-state index < -0.39 is 0 Å². The summed E-state index contributed by atoms with van der Waals surface area (Å²) in [5, 5.41) is 11.2. The number of imidazole rings is 1. The van der Waals surface area contributed by atoms with Crippen LogP contribution in [0.5, 0.6) is 5.88 Å². The van der Waals surface area contributed by atoms with Crippen molar-refractivity contribution in [1.29, 1.82) is 0 Å². The van der Waals surface area contributed by atoms with Gasteiger partial charge in [-0.3, -0.25) is 9.38 Å². The van der Waals surface area contributed by atoms with Gasteiger partial charge in [0.15, 0.2) is 5.65 Å². The predicted octanol–water partition coefficient (Wildman–Crippen LogP) is 6.41. The van der Waals surface area contributed by atoms with Gasteiger partial charge in [0.25, 0.3) is 0 Å². The third-order valence-corrected chi connectivity index (χ3v) is 7.03. The lowest BCUT2D eigenvalue weighted by molar-refractivity contribution is 0.442. The van der Waals surface area contributed by atoms with Crippen LogP contribution in [0.3, 0.4) is 0 Å². The molecule has 1 N–H and O–H groups in total. The van der Waals surface area contributed by atoms with E-state index in [1.54, 1.807) is 21.9 Å². The number of aromatic nitrogens is 4. The zero-order chi connectivity index (χ0) is 23.6. The zero-order valence-corrected chi connectivity index (χ0v) is 19.7. The molecule has 2 aromatic carbocycles. The molecule has 0 amide bonds. The Hall–Kier alpha value is -4.29. The minimum atomic E-state index is 0.154. The summed E-state index contributed by atoms with van der Waals surface area (Å²) in [6.45, 7) is 0. The number of nitrogens with zero attached hydrogens (tertiary/aromatic N) is 4. The van der Waals surface area contributed by atoms with Gasteiger partial charge < -0.3 is 5.11 Å². The molecule has 0 aliphatic rings. The fraction of sp³-hybridized carbons (Fsp3) is 0.0690. The second kappa shape index (κ2) is 9.16. The molecule has 6 rings (SSSR count). The maximum Gasteiger partial charge on any atom is 0.219 e. The van der Waals surface area contributed by atoms with Crippen molar-refractivity contribution in [1.82, 2.24) is 19.4 Å². The minimum Gasteiger partial charge on any atom is -0.493 e. The number of rotatable bonds is 6. The molecule has 35 heavy (non-hydrogen) atoms. The monoisotopic (exact) mass is 474 g/mol. The van der Waals surface area contributed by atoms with Gasteiger partial charge in [0, 0.05) is 35.7 Å². The Bertz CT molecular complexity index is 1590. The van der Waals surface area contributed by atoms with Crippen LogP contribution >= 0.6 is 11.3 Å². The summed E-state index contributed by atoms with van der Waals surface area (Å²) >= 11 is 1.67. The summed E-state index contributed by atoms with van der Waals surface area (Å²) in [6, 6.07) is 30.3. The van der Waals surface area contributed by atoms with E-state index >= 15 is 0 Å². The molecule has 0 aliphatic heterocycles. The molecular formula is C29H22N4OS. The summed E-state index contributed by atoms with van der Waals surface area (Å²) in [7, 11) is 0. The van der Waals surface area contributed by atoms with E-state index in [1.807, 2.05) is 72.9 Å². The van der Waals surface area contributed by atoms with Crippen LogP contribution in [0.25, 0.3) is 27.5 Å². The van der Waals surface area contributed by atoms with Gasteiger partial charge in [0.2, 0.25) is 5.88 Å². The summed E-state index contributed by atoms with van der Waals surface area (Å²) < 4.78 is 1.77. The molecule has 0 saturated carbocycles. The van der Waals surface area contributed by atoms with Crippen LogP contribution in [0.1, 0.15) is 21.8 Å². The van der Waals surface area contributed by atoms with Crippen molar-refractivity contribution in [3.8, 4) is 27.7 Å². The van der Waals surface area contributed by atoms with Crippen LogP contribution in [0.15, 0.2) is 103 Å². The maximum absolute atomic E-state index is 11.2. The van der Waals surface area contributed by atoms with Crippen LogP contribution in [0, 0.1) is 0 Å². The number of thiophene rings is 1. The first-order chi connectivity index (χ1) is 17.2. The molecule has 0 radical (unpaired) electrons. The number of fused-ring (bicyclic) bond motifs is 1. The van der Waals surface area contributed by atoms with Crippen molar-refractivity contribution < 1.29 is 5.11 Å². The van der Waals surface area contributed by atoms with Crippen LogP contribution < -0.4 is 0 Å². The molecular weight excluding hydrogens is 452 g/mol. The van der Waals surface area contributed by atoms with E-state index in [0.717, 1.165) is 38.0 Å². The lowest BCUT2D eigenvalue weighted by Crippen LogP contribution is -2.00. The topological polar surface area (TPSA) is 63.3 Å². The van der Waals surface area contributed by atoms with Crippen molar-refractivity contribution >= 4 is 17.0 Å². The van der Waals surface area contributed by atoms with E-state index in [-0.39, 0.29) is 5.88 Å². The van der Waals surface area contributed by atoms with Crippen molar-refractivity contribution in [2.45, 2.75) is 12.8 Å². The highest BCUT2D eigenvalue weighted by Crippen LogP contribution is 2.32. The van der Waals surface area contributed by atoms with E-state index in [4.69, 9.17) is 9.97 Å². The smallest absolute Gasteiger partial charge is 0.219 e. The number of pyridine rings is 1. The van der Waals surface area contributed by atoms with Gasteiger partial charge in [0.1, 0.15) is 5.69 Å². The normalized spacial score (nSPS) is 11.2. The third kappa shape index (κ3) is 4.32. The molecule has 0 unspecified atom stereocenters. The maximum atomic E-state index is 11.2. The van der Waals surface area contributed by atoms with Gasteiger partial charge in [-0.1, -0.05) is 66.7 Å². The van der Waals surface area contributed by atoms with Crippen LogP contribution in [0.2, 0.25) is 0 Å². The van der Waals surface area contributed by atoms with Crippen molar-refractivity contribution in [3.63, 3.8) is 0 Å². The number of hydrogen-bond acceptors (Lipinski definition) is 5. The van der Waals surface area contributed by atoms with E-state index in [0.29, 0.717) is 24.2 Å². The Morgan fingerprint density at radius 3 is 2.26 bits per heavy atom. The molecule has 4 aromatic heterocycles. The number of benzene rings is 2. The first-order valence-corrected chi connectivity index (χ1v) is 12.3. The second-order valence-electron chi connectivity index (χ2n) is 8.33. The fourth-order valence-corrected chi connectivity index (χ4v) is 5.19. The van der Waals surface area contributed by atoms with Gasteiger partial charge >= 0.3 is 0 Å². The van der Waals surface area contributed by atoms with Crippen LogP contribution in [0.4, 0.5) is 0 Å². The van der Waals surface area contributed by atoms with Gasteiger partial charge in [-0.2, -0.15) is 0 Å². The lowest BCUT2D eigenvalue weighted by atomic mass is 10.1. The van der Waals surface area contributed by atoms with Crippen molar-refractivity contribution in [3.05, 3.63) is 125 Å². The average molecular weight is 475 g/mol. The number of hydrogen-bond donors (Lipinski definition) is 1. The van der Waals surface area contributed by atoms with E-state index in [1.165, 1.54) is 0 Å². The van der Waals surface area contributed by atoms with Crippen LogP contribution in [-0.2, 0) is 12.8 Å². The lowest BCUT2D eigenvalue weighted by Gasteiger charge is -2.08. The summed E-state index contributed by atoms with van der Waals surface area (Å²) in [5.74, 6) is 0.154. The Morgan fingerprint density at radius 2 is 1.49 bits per heavy atom. The van der Waals surface area contributed by atoms with Crippen molar-refractivity contribution in [2.24, 2.45) is 0 Å². The molecule has 6 heteroatoms. The molecule has 6 aromatic rings. The summed E-state index contributed by atoms with van der Waals surface area (Å²) in [5.41, 5.74) is 6.05. The third-order valence-electron chi connectivity index (χ3n) is 5.92. The Balaban J connectivity index is 1.42. The quantitative estimate of drug-likeness (QED) is 0.303. The Labute approximate surface area is 207 Å². The largest absolute Gasteiger partial charge is 0.493 e. The summed E-state index contributed by atoms with van der Waals surface area (Å²) in [4.78, 5) is 16.5. The van der Waals surface area contributed by atoms with Gasteiger partial charge in [-0.15, -0.1) is 11.3 Å². The fourth-order valence-electron chi connectivity index (χ4n) is 4.20. The summed E-state index contributed by atoms with van der Waals surface area (Å²) in [6.07, 6.45) is 4.84. The molecule has 4 heterocycles. The van der Waals surface area contributed by atoms with Crippen molar-refractivity contribution in [2.75, 3.05) is 0 Å². The predicted molar refractivity (Wildman–Crippen MR) is 140 cm³/mol. The minimum absolute atomic E-state index is 0.154. The molecule has 0 bridgehead atoms. The standard InChI is InChI=1S/C29H22N4OS/c34-29-25(18-22-14-15-27(35-22)23-13-7-8-16-30-23)32-28-24(17-20-9-3-1-4-10-20)31-26(19-33(28)29)21-11-5-2-6-12-21/h1-16,19,34H,17-18H2. The Morgan fingerprint density at radius 1 is 0.714 bits per heavy atom. The van der Waals surface area contributed by atoms with Gasteiger partial charge in [0.05, 0.1) is 22.0 Å². The van der Waals surface area contributed by atoms with Crippen LogP contribution in [-0.4, -0.2) is 24.5 Å². The molecule has 0 spiro atoms. The first kappa shape index (κ1) is 21.3. The Kier molecular flexibility index (Phi) is 5.56. The molecule has 170 valence electrons. The highest BCUT2D eigenvalue weighted by atomic mass is 32.1. The zero-order valence-electron chi connectivity index (χ0n) is 18.9. The molecule has 5 nitrogen and oxygen atoms in total. The SMILES string of the molecule is Oc1c(Cc2ccc(-c3ccccn3)s2)nc2c(Cc3ccccc3)nc(-c3ccccc3)cn12. The molecule has 0 saturated heterocycles. The number of aromatic hydroxyl groups is 1.